The molecule has 0 heterocycles. The number of nitrogens with one attached hydrogen (secondary N) is 1. The first-order valence-corrected chi connectivity index (χ1v) is 12.9. The second-order valence-corrected chi connectivity index (χ2v) is 10.4. The zero-order valence-corrected chi connectivity index (χ0v) is 21.4. The van der Waals surface area contributed by atoms with Crippen molar-refractivity contribution < 1.29 is 31.2 Å². The van der Waals surface area contributed by atoms with Crippen LogP contribution in [0.15, 0.2) is 42.5 Å². The average Bonchev–Trinajstić information content (AvgIpc) is 2.77. The molecule has 1 atom stereocenters. The molecule has 0 saturated heterocycles. The Kier molecular flexibility index (Phi) is 9.43. The van der Waals surface area contributed by atoms with Crippen LogP contribution in [0.2, 0.25) is 10.0 Å². The summed E-state index contributed by atoms with van der Waals surface area (Å²) in [6.07, 6.45) is -3.76. The molecule has 13 heteroatoms. The topological polar surface area (TPSA) is 86.8 Å². The molecule has 0 aliphatic heterocycles. The van der Waals surface area contributed by atoms with Crippen molar-refractivity contribution in [2.24, 2.45) is 0 Å². The van der Waals surface area contributed by atoms with E-state index in [9.17, 15) is 31.2 Å². The highest BCUT2D eigenvalue weighted by molar-refractivity contribution is 7.92. The summed E-state index contributed by atoms with van der Waals surface area (Å²) in [4.78, 5) is 27.1. The smallest absolute Gasteiger partial charge is 0.357 e. The van der Waals surface area contributed by atoms with E-state index in [1.807, 2.05) is 0 Å². The molecule has 2 aromatic rings. The molecule has 2 aromatic carbocycles. The molecule has 0 aromatic heterocycles. The Morgan fingerprint density at radius 2 is 1.77 bits per heavy atom. The lowest BCUT2D eigenvalue weighted by Crippen LogP contribution is -2.51. The fourth-order valence-corrected chi connectivity index (χ4v) is 4.68. The molecule has 35 heavy (non-hydrogen) atoms. The van der Waals surface area contributed by atoms with Crippen molar-refractivity contribution in [1.82, 2.24) is 10.2 Å². The van der Waals surface area contributed by atoms with E-state index < -0.39 is 46.2 Å². The van der Waals surface area contributed by atoms with Crippen LogP contribution in [0.4, 0.5) is 18.9 Å². The predicted octanol–water partition coefficient (Wildman–Crippen LogP) is 4.33. The van der Waals surface area contributed by atoms with Gasteiger partial charge in [-0.05, 0) is 42.3 Å². The van der Waals surface area contributed by atoms with Crippen LogP contribution in [0.25, 0.3) is 0 Å². The maximum atomic E-state index is 13.4. The van der Waals surface area contributed by atoms with Crippen LogP contribution in [-0.4, -0.2) is 51.0 Å². The quantitative estimate of drug-likeness (QED) is 0.500. The number of anilines is 1. The van der Waals surface area contributed by atoms with Crippen molar-refractivity contribution in [3.63, 3.8) is 0 Å². The van der Waals surface area contributed by atoms with Crippen molar-refractivity contribution in [3.05, 3.63) is 63.6 Å². The lowest BCUT2D eigenvalue weighted by Gasteiger charge is -2.32. The minimum absolute atomic E-state index is 0.166. The normalized spacial score (nSPS) is 12.7. The van der Waals surface area contributed by atoms with Crippen LogP contribution in [0.5, 0.6) is 0 Å². The number of hydrogen-bond donors (Lipinski definition) is 1. The third kappa shape index (κ3) is 7.49. The van der Waals surface area contributed by atoms with Crippen molar-refractivity contribution >= 4 is 50.7 Å². The fraction of sp³-hybridized carbons (Fsp3) is 0.364. The van der Waals surface area contributed by atoms with Gasteiger partial charge in [0.2, 0.25) is 21.8 Å². The van der Waals surface area contributed by atoms with Gasteiger partial charge in [0.1, 0.15) is 12.6 Å². The van der Waals surface area contributed by atoms with Crippen molar-refractivity contribution in [3.8, 4) is 0 Å². The van der Waals surface area contributed by atoms with Gasteiger partial charge in [0.05, 0.1) is 17.5 Å². The summed E-state index contributed by atoms with van der Waals surface area (Å²) >= 11 is 12.2. The minimum atomic E-state index is -4.72. The first kappa shape index (κ1) is 28.7. The summed E-state index contributed by atoms with van der Waals surface area (Å²) in [6.45, 7) is 0.657. The van der Waals surface area contributed by atoms with Crippen LogP contribution in [0, 0.1) is 0 Å². The number of hydrogen-bond acceptors (Lipinski definition) is 4. The standard InChI is InChI=1S/C22H24Cl2F3N3O4S/c1-4-19(21(32)28-2)29(12-14-8-9-16(23)11-18(14)24)20(31)13-30(35(3,33)34)17-7-5-6-15(10-17)22(25,26)27/h5-11,19H,4,12-13H2,1-3H3,(H,28,32)/t19-/m1/s1. The predicted molar refractivity (Wildman–Crippen MR) is 129 cm³/mol. The van der Waals surface area contributed by atoms with Crippen molar-refractivity contribution in [2.45, 2.75) is 32.1 Å². The third-order valence-corrected chi connectivity index (χ3v) is 6.86. The number of carbonyl (C=O) groups excluding carboxylic acids is 2. The van der Waals surface area contributed by atoms with Gasteiger partial charge in [0.25, 0.3) is 0 Å². The largest absolute Gasteiger partial charge is 0.416 e. The molecule has 192 valence electrons. The highest BCUT2D eigenvalue weighted by Gasteiger charge is 2.34. The van der Waals surface area contributed by atoms with Gasteiger partial charge in [-0.2, -0.15) is 13.2 Å². The van der Waals surface area contributed by atoms with Crippen LogP contribution in [-0.2, 0) is 32.3 Å². The molecule has 0 bridgehead atoms. The number of nitrogens with zero attached hydrogens (tertiary/aromatic N) is 2. The van der Waals surface area contributed by atoms with Crippen LogP contribution >= 0.6 is 23.2 Å². The van der Waals surface area contributed by atoms with Gasteiger partial charge in [-0.1, -0.05) is 42.3 Å². The van der Waals surface area contributed by atoms with E-state index in [-0.39, 0.29) is 23.7 Å². The molecule has 0 aliphatic carbocycles. The lowest BCUT2D eigenvalue weighted by molar-refractivity contribution is -0.140. The number of rotatable bonds is 9. The molecule has 2 rings (SSSR count). The van der Waals surface area contributed by atoms with E-state index >= 15 is 0 Å². The Bertz CT molecular complexity index is 1190. The van der Waals surface area contributed by atoms with E-state index in [1.54, 1.807) is 13.0 Å². The van der Waals surface area contributed by atoms with E-state index in [1.165, 1.54) is 19.2 Å². The van der Waals surface area contributed by atoms with Gasteiger partial charge in [-0.25, -0.2) is 8.42 Å². The number of benzene rings is 2. The summed E-state index contributed by atoms with van der Waals surface area (Å²) in [7, 11) is -2.80. The zero-order valence-electron chi connectivity index (χ0n) is 19.1. The number of amides is 2. The number of carbonyl (C=O) groups is 2. The van der Waals surface area contributed by atoms with Crippen molar-refractivity contribution in [1.29, 1.82) is 0 Å². The van der Waals surface area contributed by atoms with Crippen LogP contribution in [0.1, 0.15) is 24.5 Å². The SMILES string of the molecule is CC[C@H](C(=O)NC)N(Cc1ccc(Cl)cc1Cl)C(=O)CN(c1cccc(C(F)(F)F)c1)S(C)(=O)=O. The Morgan fingerprint density at radius 1 is 1.11 bits per heavy atom. The molecular formula is C22H24Cl2F3N3O4S. The fourth-order valence-electron chi connectivity index (χ4n) is 3.37. The Balaban J connectivity index is 2.51. The summed E-state index contributed by atoms with van der Waals surface area (Å²) < 4.78 is 65.1. The molecule has 0 aliphatic rings. The van der Waals surface area contributed by atoms with Gasteiger partial charge >= 0.3 is 6.18 Å². The lowest BCUT2D eigenvalue weighted by atomic mass is 10.1. The van der Waals surface area contributed by atoms with Crippen LogP contribution < -0.4 is 9.62 Å². The third-order valence-electron chi connectivity index (χ3n) is 5.13. The minimum Gasteiger partial charge on any atom is -0.357 e. The second kappa shape index (κ2) is 11.5. The number of sulfonamides is 1. The van der Waals surface area contributed by atoms with Gasteiger partial charge < -0.3 is 10.2 Å². The van der Waals surface area contributed by atoms with Gasteiger partial charge in [0.15, 0.2) is 0 Å². The van der Waals surface area contributed by atoms with E-state index in [2.05, 4.69) is 5.32 Å². The van der Waals surface area contributed by atoms with Crippen molar-refractivity contribution in [2.75, 3.05) is 24.2 Å². The summed E-state index contributed by atoms with van der Waals surface area (Å²) in [5, 5.41) is 3.03. The average molecular weight is 554 g/mol. The van der Waals surface area contributed by atoms with Gasteiger partial charge in [-0.3, -0.25) is 13.9 Å². The summed E-state index contributed by atoms with van der Waals surface area (Å²) in [5.41, 5.74) is -0.970. The number of halogens is 5. The molecular weight excluding hydrogens is 530 g/mol. The molecule has 7 nitrogen and oxygen atoms in total. The molecule has 0 saturated carbocycles. The van der Waals surface area contributed by atoms with Gasteiger partial charge in [-0.15, -0.1) is 0 Å². The Labute approximate surface area is 211 Å². The summed E-state index contributed by atoms with van der Waals surface area (Å²) in [6, 6.07) is 7.19. The number of alkyl halides is 3. The summed E-state index contributed by atoms with van der Waals surface area (Å²) in [5.74, 6) is -1.31. The van der Waals surface area contributed by atoms with E-state index in [0.717, 1.165) is 29.4 Å². The van der Waals surface area contributed by atoms with E-state index in [0.29, 0.717) is 21.0 Å². The maximum absolute atomic E-state index is 13.4. The molecule has 2 amide bonds. The molecule has 0 spiro atoms. The first-order valence-electron chi connectivity index (χ1n) is 10.3. The highest BCUT2D eigenvalue weighted by atomic mass is 35.5. The first-order chi connectivity index (χ1) is 16.2. The van der Waals surface area contributed by atoms with Crippen LogP contribution in [0.3, 0.4) is 0 Å². The zero-order chi connectivity index (χ0) is 26.6. The molecule has 0 radical (unpaired) electrons. The monoisotopic (exact) mass is 553 g/mol. The number of likely N-dealkylation sites (N-methyl/N-ethyl adjacent to an activating group) is 1. The highest BCUT2D eigenvalue weighted by Crippen LogP contribution is 2.32. The molecule has 0 unspecified atom stereocenters. The van der Waals surface area contributed by atoms with E-state index in [4.69, 9.17) is 23.2 Å². The molecule has 1 N–H and O–H groups in total. The van der Waals surface area contributed by atoms with Gasteiger partial charge in [0, 0.05) is 23.6 Å². The Morgan fingerprint density at radius 3 is 2.29 bits per heavy atom. The molecule has 0 fully saturated rings. The second-order valence-electron chi connectivity index (χ2n) is 7.61. The maximum Gasteiger partial charge on any atom is 0.416 e. The Hall–Kier alpha value is -2.50.